The van der Waals surface area contributed by atoms with Gasteiger partial charge in [0, 0.05) is 16.8 Å². The van der Waals surface area contributed by atoms with Crippen molar-refractivity contribution in [2.24, 2.45) is 10.7 Å². The van der Waals surface area contributed by atoms with Crippen molar-refractivity contribution in [1.82, 2.24) is 4.57 Å². The van der Waals surface area contributed by atoms with Gasteiger partial charge in [-0.15, -0.1) is 0 Å². The largest absolute Gasteiger partial charge is 0.494 e. The Morgan fingerprint density at radius 1 is 1.14 bits per heavy atom. The molecular weight excluding hydrogens is 383 g/mol. The molecule has 1 aromatic heterocycles. The molecule has 0 saturated heterocycles. The van der Waals surface area contributed by atoms with E-state index in [9.17, 15) is 23.1 Å². The molecule has 1 heterocycles. The fraction of sp³-hybridized carbons (Fsp3) is 0.238. The predicted molar refractivity (Wildman–Crippen MR) is 106 cm³/mol. The van der Waals surface area contributed by atoms with Crippen LogP contribution in [0.2, 0.25) is 0 Å². The molecule has 8 heteroatoms. The summed E-state index contributed by atoms with van der Waals surface area (Å²) in [6.45, 7) is 5.00. The first kappa shape index (κ1) is 20.4. The Morgan fingerprint density at radius 2 is 1.76 bits per heavy atom. The van der Waals surface area contributed by atoms with E-state index in [1.165, 1.54) is 10.6 Å². The van der Waals surface area contributed by atoms with Crippen LogP contribution < -0.4 is 5.73 Å². The Hall–Kier alpha value is -3.29. The summed E-state index contributed by atoms with van der Waals surface area (Å²) in [4.78, 5) is 15.1. The van der Waals surface area contributed by atoms with E-state index in [1.54, 1.807) is 19.1 Å². The number of alkyl halides is 3. The number of amides is 1. The van der Waals surface area contributed by atoms with E-state index in [4.69, 9.17) is 5.73 Å². The molecule has 3 rings (SSSR count). The highest BCUT2D eigenvalue weighted by Crippen LogP contribution is 2.39. The Balaban J connectivity index is 2.37. The first-order chi connectivity index (χ1) is 13.5. The summed E-state index contributed by atoms with van der Waals surface area (Å²) in [7, 11) is 0. The van der Waals surface area contributed by atoms with Crippen LogP contribution in [0, 0.1) is 13.8 Å². The summed E-state index contributed by atoms with van der Waals surface area (Å²) in [6, 6.07) is 8.72. The molecular formula is C21H20F3N3O2. The molecule has 3 aromatic rings. The van der Waals surface area contributed by atoms with E-state index in [0.717, 1.165) is 23.3 Å². The number of nitrogens with zero attached hydrogens (tertiary/aromatic N) is 2. The second kappa shape index (κ2) is 7.27. The van der Waals surface area contributed by atoms with Crippen LogP contribution in [0.25, 0.3) is 16.6 Å². The maximum absolute atomic E-state index is 13.3. The van der Waals surface area contributed by atoms with Crippen LogP contribution >= 0.6 is 0 Å². The zero-order valence-electron chi connectivity index (χ0n) is 16.1. The molecule has 0 saturated carbocycles. The molecule has 5 nitrogen and oxygen atoms in total. The smallest absolute Gasteiger partial charge is 0.416 e. The number of fused-ring (bicyclic) bond motifs is 1. The molecule has 2 aromatic carbocycles. The van der Waals surface area contributed by atoms with Crippen molar-refractivity contribution >= 4 is 22.5 Å². The number of carbonyl (C=O) groups excluding carboxylic acids is 1. The van der Waals surface area contributed by atoms with Gasteiger partial charge in [-0.25, -0.2) is 0 Å². The van der Waals surface area contributed by atoms with Crippen LogP contribution in [0.3, 0.4) is 0 Å². The van der Waals surface area contributed by atoms with Crippen molar-refractivity contribution in [1.29, 1.82) is 0 Å². The van der Waals surface area contributed by atoms with Crippen LogP contribution in [-0.2, 0) is 11.0 Å². The van der Waals surface area contributed by atoms with Crippen LogP contribution in [0.4, 0.5) is 13.2 Å². The molecule has 29 heavy (non-hydrogen) atoms. The number of primary amides is 1. The third-order valence-electron chi connectivity index (χ3n) is 4.57. The lowest BCUT2D eigenvalue weighted by atomic mass is 10.1. The van der Waals surface area contributed by atoms with Gasteiger partial charge in [-0.05, 0) is 56.2 Å². The highest BCUT2D eigenvalue weighted by molar-refractivity contribution is 6.13. The number of hydrogen-bond acceptors (Lipinski definition) is 3. The normalized spacial score (nSPS) is 12.6. The first-order valence-corrected chi connectivity index (χ1v) is 8.82. The van der Waals surface area contributed by atoms with Gasteiger partial charge >= 0.3 is 6.18 Å². The van der Waals surface area contributed by atoms with Gasteiger partial charge in [-0.2, -0.15) is 13.2 Å². The quantitative estimate of drug-likeness (QED) is 0.638. The lowest BCUT2D eigenvalue weighted by Gasteiger charge is -2.11. The number of aryl methyl sites for hydroxylation is 2. The molecule has 0 radical (unpaired) electrons. The molecule has 152 valence electrons. The number of hydrogen-bond donors (Lipinski definition) is 2. The minimum Gasteiger partial charge on any atom is -0.494 e. The number of aromatic nitrogens is 1. The number of halogens is 3. The highest BCUT2D eigenvalue weighted by Gasteiger charge is 2.32. The van der Waals surface area contributed by atoms with E-state index in [1.807, 2.05) is 19.9 Å². The number of aromatic hydroxyl groups is 1. The van der Waals surface area contributed by atoms with Gasteiger partial charge in [0.2, 0.25) is 11.8 Å². The van der Waals surface area contributed by atoms with Gasteiger partial charge in [0.15, 0.2) is 0 Å². The summed E-state index contributed by atoms with van der Waals surface area (Å²) < 4.78 is 41.3. The van der Waals surface area contributed by atoms with E-state index >= 15 is 0 Å². The van der Waals surface area contributed by atoms with Crippen LogP contribution in [0.1, 0.15) is 29.2 Å². The third-order valence-corrected chi connectivity index (χ3v) is 4.57. The summed E-state index contributed by atoms with van der Waals surface area (Å²) in [5.41, 5.74) is 7.37. The number of aliphatic imine (C=N–C) groups is 1. The minimum absolute atomic E-state index is 0.186. The molecule has 0 fully saturated rings. The molecule has 0 unspecified atom stereocenters. The molecule has 1 amide bonds. The molecule has 0 bridgehead atoms. The van der Waals surface area contributed by atoms with Crippen molar-refractivity contribution in [3.8, 4) is 11.6 Å². The molecule has 0 atom stereocenters. The average molecular weight is 403 g/mol. The van der Waals surface area contributed by atoms with Gasteiger partial charge in [0.05, 0.1) is 16.6 Å². The molecule has 3 N–H and O–H groups in total. The van der Waals surface area contributed by atoms with Crippen molar-refractivity contribution in [2.75, 3.05) is 6.54 Å². The fourth-order valence-corrected chi connectivity index (χ4v) is 3.42. The number of carbonyl (C=O) groups is 1. The Bertz CT molecular complexity index is 1120. The average Bonchev–Trinajstić information content (AvgIpc) is 2.89. The third kappa shape index (κ3) is 3.96. The standard InChI is InChI=1S/C21H20F3N3O2/c1-11-6-12(2)8-15(7-11)27-17-9-14(21(22,23)24)4-5-16(17)19(20(27)29)13(3)26-10-18(25)28/h4-9,29H,10H2,1-3H3,(H2,25,28). The van der Waals surface area contributed by atoms with Gasteiger partial charge in [0.25, 0.3) is 0 Å². The predicted octanol–water partition coefficient (Wildman–Crippen LogP) is 4.27. The summed E-state index contributed by atoms with van der Waals surface area (Å²) >= 11 is 0. The second-order valence-electron chi connectivity index (χ2n) is 6.98. The first-order valence-electron chi connectivity index (χ1n) is 8.82. The highest BCUT2D eigenvalue weighted by atomic mass is 19.4. The molecule has 0 aliphatic carbocycles. The van der Waals surface area contributed by atoms with E-state index in [-0.39, 0.29) is 23.5 Å². The molecule has 0 aliphatic rings. The van der Waals surface area contributed by atoms with Crippen molar-refractivity contribution < 1.29 is 23.1 Å². The van der Waals surface area contributed by atoms with Crippen molar-refractivity contribution in [3.63, 3.8) is 0 Å². The van der Waals surface area contributed by atoms with Gasteiger partial charge < -0.3 is 10.8 Å². The number of benzene rings is 2. The Morgan fingerprint density at radius 3 is 2.31 bits per heavy atom. The monoisotopic (exact) mass is 403 g/mol. The maximum atomic E-state index is 13.3. The maximum Gasteiger partial charge on any atom is 0.416 e. The van der Waals surface area contributed by atoms with Gasteiger partial charge in [-0.1, -0.05) is 12.1 Å². The van der Waals surface area contributed by atoms with E-state index in [0.29, 0.717) is 16.8 Å². The summed E-state index contributed by atoms with van der Waals surface area (Å²) in [5.74, 6) is -0.906. The topological polar surface area (TPSA) is 80.6 Å². The zero-order chi connectivity index (χ0) is 21.5. The Kier molecular flexibility index (Phi) is 5.13. The van der Waals surface area contributed by atoms with Crippen molar-refractivity contribution in [3.05, 3.63) is 58.7 Å². The zero-order valence-corrected chi connectivity index (χ0v) is 16.1. The molecule has 0 aliphatic heterocycles. The second-order valence-corrected chi connectivity index (χ2v) is 6.98. The SMILES string of the molecule is CC(=NCC(N)=O)c1c(O)n(-c2cc(C)cc(C)c2)c2cc(C(F)(F)F)ccc12. The fourth-order valence-electron chi connectivity index (χ4n) is 3.42. The lowest BCUT2D eigenvalue weighted by molar-refractivity contribution is -0.137. The number of rotatable bonds is 4. The van der Waals surface area contributed by atoms with Crippen LogP contribution in [-0.4, -0.2) is 27.8 Å². The van der Waals surface area contributed by atoms with Crippen molar-refractivity contribution in [2.45, 2.75) is 26.9 Å². The summed E-state index contributed by atoms with van der Waals surface area (Å²) in [6.07, 6.45) is -4.53. The lowest BCUT2D eigenvalue weighted by Crippen LogP contribution is -2.15. The number of nitrogens with two attached hydrogens (primary N) is 1. The van der Waals surface area contributed by atoms with Crippen LogP contribution in [0.5, 0.6) is 5.88 Å². The van der Waals surface area contributed by atoms with Gasteiger partial charge in [-0.3, -0.25) is 14.4 Å². The van der Waals surface area contributed by atoms with E-state index in [2.05, 4.69) is 4.99 Å². The van der Waals surface area contributed by atoms with Crippen LogP contribution in [0.15, 0.2) is 41.4 Å². The van der Waals surface area contributed by atoms with E-state index < -0.39 is 17.6 Å². The van der Waals surface area contributed by atoms with Gasteiger partial charge in [0.1, 0.15) is 6.54 Å². The summed E-state index contributed by atoms with van der Waals surface area (Å²) in [5, 5.41) is 11.4. The molecule has 0 spiro atoms. The Labute approximate surface area is 165 Å². The minimum atomic E-state index is -4.53.